The van der Waals surface area contributed by atoms with Gasteiger partial charge in [0.15, 0.2) is 11.9 Å². The first-order chi connectivity index (χ1) is 22.8. The number of fused-ring (bicyclic) bond motifs is 4. The van der Waals surface area contributed by atoms with Crippen molar-refractivity contribution in [3.8, 4) is 0 Å². The number of likely N-dealkylation sites (N-methyl/N-ethyl adjacent to an activating group) is 1. The average molecular weight is 684 g/mol. The van der Waals surface area contributed by atoms with Crippen molar-refractivity contribution < 1.29 is 53.1 Å². The van der Waals surface area contributed by atoms with E-state index < -0.39 is 89.1 Å². The van der Waals surface area contributed by atoms with Crippen LogP contribution in [0.25, 0.3) is 0 Å². The van der Waals surface area contributed by atoms with Crippen LogP contribution in [0.15, 0.2) is 53.1 Å². The summed E-state index contributed by atoms with van der Waals surface area (Å²) in [5.74, 6) is -4.00. The van der Waals surface area contributed by atoms with Crippen molar-refractivity contribution in [2.45, 2.75) is 110 Å². The van der Waals surface area contributed by atoms with Crippen molar-refractivity contribution in [3.63, 3.8) is 0 Å². The molecule has 4 rings (SSSR count). The number of aliphatic hydroxyl groups is 2. The highest BCUT2D eigenvalue weighted by Crippen LogP contribution is 2.53. The third kappa shape index (κ3) is 7.66. The first-order valence-corrected chi connectivity index (χ1v) is 16.5. The molecule has 1 fully saturated rings. The Kier molecular flexibility index (Phi) is 11.3. The van der Waals surface area contributed by atoms with Crippen LogP contribution < -0.4 is 0 Å². The lowest BCUT2D eigenvalue weighted by Crippen LogP contribution is -2.57. The summed E-state index contributed by atoms with van der Waals surface area (Å²) >= 11 is 0. The van der Waals surface area contributed by atoms with Crippen LogP contribution in [0.1, 0.15) is 79.3 Å². The maximum atomic E-state index is 14.5. The minimum absolute atomic E-state index is 0.116. The van der Waals surface area contributed by atoms with Crippen LogP contribution in [0.5, 0.6) is 0 Å². The molecule has 49 heavy (non-hydrogen) atoms. The van der Waals surface area contributed by atoms with Gasteiger partial charge in [-0.1, -0.05) is 44.2 Å². The number of Topliss-reactive ketones (excluding diaryl/α,β-unsaturated/α-hetero) is 1. The fraction of sp³-hybridized carbons (Fsp3) is 0.595. The molecular formula is C37H49NO11. The Morgan fingerprint density at radius 2 is 1.47 bits per heavy atom. The zero-order valence-electron chi connectivity index (χ0n) is 29.7. The fourth-order valence-electron chi connectivity index (χ4n) is 8.04. The Morgan fingerprint density at radius 3 is 2.02 bits per heavy atom. The van der Waals surface area contributed by atoms with Crippen LogP contribution in [0.2, 0.25) is 0 Å². The molecule has 3 aliphatic rings. The minimum atomic E-state index is -1.69. The minimum Gasteiger partial charge on any atom is -0.461 e. The average Bonchev–Trinajstić information content (AvgIpc) is 2.99. The van der Waals surface area contributed by atoms with E-state index >= 15 is 0 Å². The third-order valence-corrected chi connectivity index (χ3v) is 10.4. The van der Waals surface area contributed by atoms with E-state index in [-0.39, 0.29) is 19.3 Å². The second-order valence-electron chi connectivity index (χ2n) is 14.5. The number of ether oxygens (including phenoxy) is 4. The van der Waals surface area contributed by atoms with E-state index in [2.05, 4.69) is 0 Å². The van der Waals surface area contributed by atoms with Crippen molar-refractivity contribution in [1.82, 2.24) is 4.90 Å². The van der Waals surface area contributed by atoms with E-state index in [1.807, 2.05) is 19.9 Å². The van der Waals surface area contributed by atoms with Crippen molar-refractivity contribution in [1.29, 1.82) is 0 Å². The molecule has 0 heterocycles. The van der Waals surface area contributed by atoms with E-state index in [1.54, 1.807) is 63.2 Å². The zero-order chi connectivity index (χ0) is 36.6. The predicted octanol–water partition coefficient (Wildman–Crippen LogP) is 3.39. The molecule has 1 aromatic carbocycles. The van der Waals surface area contributed by atoms with E-state index in [9.17, 15) is 34.2 Å². The second kappa shape index (κ2) is 14.5. The number of carbonyl (C=O) groups excluding carboxylic acids is 5. The molecule has 12 heteroatoms. The van der Waals surface area contributed by atoms with Gasteiger partial charge in [0.25, 0.3) is 0 Å². The Balaban J connectivity index is 1.88. The van der Waals surface area contributed by atoms with Gasteiger partial charge in [0.2, 0.25) is 0 Å². The van der Waals surface area contributed by atoms with Crippen LogP contribution >= 0.6 is 0 Å². The summed E-state index contributed by atoms with van der Waals surface area (Å²) in [7, 11) is 3.45. The van der Waals surface area contributed by atoms with Gasteiger partial charge < -0.3 is 29.2 Å². The SMILES string of the molecule is CC(=O)O[C@H]1C[C@H]2[C@@H](OC(C)=O)C=C3C[C@](C)(C(=O)[C@H](O)C(=C1C)C2(C)C)[C@@H](OC(C)=O)C[C@@H]3OC(=O)[C@H](O)[C@H](c1ccccc1)N(C)C. The Hall–Kier alpha value is -3.87. The Morgan fingerprint density at radius 1 is 0.878 bits per heavy atom. The number of ketones is 1. The molecule has 12 nitrogen and oxygen atoms in total. The summed E-state index contributed by atoms with van der Waals surface area (Å²) in [4.78, 5) is 67.1. The number of hydrogen-bond acceptors (Lipinski definition) is 12. The molecule has 0 aliphatic heterocycles. The summed E-state index contributed by atoms with van der Waals surface area (Å²) in [5, 5.41) is 23.3. The highest BCUT2D eigenvalue weighted by molar-refractivity contribution is 5.93. The van der Waals surface area contributed by atoms with E-state index in [4.69, 9.17) is 18.9 Å². The first kappa shape index (κ1) is 37.9. The highest BCUT2D eigenvalue weighted by atomic mass is 16.6. The van der Waals surface area contributed by atoms with Crippen molar-refractivity contribution in [2.24, 2.45) is 16.7 Å². The van der Waals surface area contributed by atoms with Gasteiger partial charge in [-0.05, 0) is 74.6 Å². The number of carbonyl (C=O) groups is 5. The normalized spacial score (nSPS) is 30.8. The highest BCUT2D eigenvalue weighted by Gasteiger charge is 2.57. The number of aliphatic hydroxyl groups excluding tert-OH is 2. The molecule has 1 saturated carbocycles. The molecule has 0 saturated heterocycles. The van der Waals surface area contributed by atoms with E-state index in [0.717, 1.165) is 0 Å². The van der Waals surface area contributed by atoms with Gasteiger partial charge in [0.05, 0.1) is 11.5 Å². The second-order valence-corrected chi connectivity index (χ2v) is 14.5. The van der Waals surface area contributed by atoms with Crippen molar-refractivity contribution in [2.75, 3.05) is 14.1 Å². The molecule has 9 atom stereocenters. The summed E-state index contributed by atoms with van der Waals surface area (Å²) < 4.78 is 23.3. The zero-order valence-corrected chi connectivity index (χ0v) is 29.7. The quantitative estimate of drug-likeness (QED) is 0.233. The van der Waals surface area contributed by atoms with Crippen LogP contribution in [0.3, 0.4) is 0 Å². The number of nitrogens with zero attached hydrogens (tertiary/aromatic N) is 1. The van der Waals surface area contributed by atoms with Crippen LogP contribution in [0.4, 0.5) is 0 Å². The molecule has 0 radical (unpaired) electrons. The largest absolute Gasteiger partial charge is 0.461 e. The first-order valence-electron chi connectivity index (χ1n) is 16.5. The van der Waals surface area contributed by atoms with Crippen LogP contribution in [-0.2, 0) is 42.9 Å². The molecule has 3 aliphatic carbocycles. The van der Waals surface area contributed by atoms with Crippen LogP contribution in [0, 0.1) is 16.7 Å². The summed E-state index contributed by atoms with van der Waals surface area (Å²) in [5.41, 5.74) is -0.553. The van der Waals surface area contributed by atoms with Gasteiger partial charge in [-0.2, -0.15) is 0 Å². The molecule has 2 N–H and O–H groups in total. The van der Waals surface area contributed by atoms with Gasteiger partial charge in [-0.3, -0.25) is 24.1 Å². The maximum absolute atomic E-state index is 14.5. The molecule has 0 aromatic heterocycles. The lowest BCUT2D eigenvalue weighted by atomic mass is 9.57. The summed E-state index contributed by atoms with van der Waals surface area (Å²) in [6.45, 7) is 10.7. The smallest absolute Gasteiger partial charge is 0.337 e. The molecular weight excluding hydrogens is 634 g/mol. The molecule has 268 valence electrons. The van der Waals surface area contributed by atoms with Gasteiger partial charge in [-0.25, -0.2) is 4.79 Å². The molecule has 0 spiro atoms. The Bertz CT molecular complexity index is 1530. The monoisotopic (exact) mass is 683 g/mol. The van der Waals surface area contributed by atoms with Crippen LogP contribution in [-0.4, -0.2) is 95.5 Å². The number of hydrogen-bond donors (Lipinski definition) is 2. The number of rotatable bonds is 8. The van der Waals surface area contributed by atoms with Gasteiger partial charge >= 0.3 is 23.9 Å². The maximum Gasteiger partial charge on any atom is 0.337 e. The molecule has 0 amide bonds. The third-order valence-electron chi connectivity index (χ3n) is 10.4. The fourth-order valence-corrected chi connectivity index (χ4v) is 8.04. The van der Waals surface area contributed by atoms with Crippen molar-refractivity contribution >= 4 is 29.7 Å². The van der Waals surface area contributed by atoms with E-state index in [1.165, 1.54) is 20.8 Å². The molecule has 1 aromatic rings. The van der Waals surface area contributed by atoms with Gasteiger partial charge in [-0.15, -0.1) is 0 Å². The van der Waals surface area contributed by atoms with E-state index in [0.29, 0.717) is 22.3 Å². The molecule has 0 unspecified atom stereocenters. The lowest BCUT2D eigenvalue weighted by molar-refractivity contribution is -0.174. The Labute approximate surface area is 287 Å². The van der Waals surface area contributed by atoms with Crippen molar-refractivity contribution in [3.05, 3.63) is 58.7 Å². The number of benzene rings is 1. The predicted molar refractivity (Wildman–Crippen MR) is 176 cm³/mol. The lowest BCUT2D eigenvalue weighted by Gasteiger charge is -2.51. The summed E-state index contributed by atoms with van der Waals surface area (Å²) in [6, 6.07) is 8.22. The summed E-state index contributed by atoms with van der Waals surface area (Å²) in [6.07, 6.45) is -5.76. The standard InChI is InChI=1S/C37H49NO11/c1-19-26(46-20(2)39)16-25-28(47-21(3)40)15-24-18-37(7,34(44)32(42)30(19)36(25,5)6)29(48-22(4)41)17-27(24)49-35(45)33(43)31(38(8)9)23-13-11-10-12-14-23/h10-15,25-29,31-33,42-43H,16-18H2,1-9H3/t25-,26-,27-,28-,29-,31-,32+,33+,37-/m0/s1. The molecule has 4 bridgehead atoms. The van der Waals surface area contributed by atoms with Gasteiger partial charge in [0, 0.05) is 33.1 Å². The van der Waals surface area contributed by atoms with Gasteiger partial charge in [0.1, 0.15) is 30.5 Å². The topological polar surface area (TPSA) is 166 Å². The number of esters is 4.